The molecule has 0 unspecified atom stereocenters. The molecule has 0 fully saturated rings. The number of nitrogens with zero attached hydrogens (tertiary/aromatic N) is 1. The second kappa shape index (κ2) is 5.29. The van der Waals surface area contributed by atoms with Crippen molar-refractivity contribution in [1.82, 2.24) is 5.06 Å². The quantitative estimate of drug-likeness (QED) is 0.806. The van der Waals surface area contributed by atoms with Crippen LogP contribution in [-0.2, 0) is 14.4 Å². The van der Waals surface area contributed by atoms with Crippen molar-refractivity contribution >= 4 is 21.9 Å². The molecule has 0 spiro atoms. The van der Waals surface area contributed by atoms with Gasteiger partial charge >= 0.3 is 10.1 Å². The maximum atomic E-state index is 12.2. The van der Waals surface area contributed by atoms with E-state index in [0.717, 1.165) is 11.1 Å². The van der Waals surface area contributed by atoms with E-state index in [0.29, 0.717) is 5.06 Å². The SMILES string of the molecule is Cc1ccc(S(=O)(=O)ON2C(=O)c3ccc(C)cc3C2=O)cc1. The Morgan fingerprint density at radius 2 is 1.39 bits per heavy atom. The van der Waals surface area contributed by atoms with Crippen LogP contribution in [0, 0.1) is 13.8 Å². The number of aryl methyl sites for hydroxylation is 2. The van der Waals surface area contributed by atoms with Gasteiger partial charge in [-0.25, -0.2) is 0 Å². The Bertz CT molecular complexity index is 916. The Morgan fingerprint density at radius 3 is 2.04 bits per heavy atom. The standard InChI is InChI=1S/C16H13NO5S/c1-10-3-6-12(7-4-10)23(20,21)22-17-15(18)13-8-5-11(2)9-14(13)16(17)19/h3-9H,1-2H3. The minimum absolute atomic E-state index is 0.125. The molecule has 0 atom stereocenters. The molecule has 1 aliphatic rings. The fourth-order valence-corrected chi connectivity index (χ4v) is 3.13. The molecule has 1 heterocycles. The number of carbonyl (C=O) groups is 2. The van der Waals surface area contributed by atoms with Gasteiger partial charge in [0.05, 0.1) is 16.0 Å². The van der Waals surface area contributed by atoms with E-state index in [1.807, 2.05) is 6.92 Å². The Hall–Kier alpha value is -2.51. The number of imide groups is 1. The van der Waals surface area contributed by atoms with E-state index in [1.165, 1.54) is 24.3 Å². The van der Waals surface area contributed by atoms with Gasteiger partial charge in [0.1, 0.15) is 0 Å². The number of rotatable bonds is 3. The average molecular weight is 331 g/mol. The van der Waals surface area contributed by atoms with Crippen LogP contribution in [0.2, 0.25) is 0 Å². The first-order valence-corrected chi connectivity index (χ1v) is 8.21. The summed E-state index contributed by atoms with van der Waals surface area (Å²) >= 11 is 0. The topological polar surface area (TPSA) is 80.8 Å². The molecule has 0 saturated carbocycles. The molecular formula is C16H13NO5S. The van der Waals surface area contributed by atoms with E-state index in [4.69, 9.17) is 4.28 Å². The van der Waals surface area contributed by atoms with Gasteiger partial charge in [-0.3, -0.25) is 9.59 Å². The van der Waals surface area contributed by atoms with Crippen LogP contribution in [-0.4, -0.2) is 25.3 Å². The monoisotopic (exact) mass is 331 g/mol. The van der Waals surface area contributed by atoms with Gasteiger partial charge in [0, 0.05) is 0 Å². The number of fused-ring (bicyclic) bond motifs is 1. The van der Waals surface area contributed by atoms with Crippen molar-refractivity contribution in [2.24, 2.45) is 0 Å². The highest BCUT2D eigenvalue weighted by molar-refractivity contribution is 7.86. The van der Waals surface area contributed by atoms with Gasteiger partial charge in [0.2, 0.25) is 0 Å². The zero-order valence-electron chi connectivity index (χ0n) is 12.4. The number of hydroxylamine groups is 2. The zero-order valence-corrected chi connectivity index (χ0v) is 13.3. The normalized spacial score (nSPS) is 14.3. The molecule has 0 bridgehead atoms. The van der Waals surface area contributed by atoms with Crippen LogP contribution in [0.25, 0.3) is 0 Å². The summed E-state index contributed by atoms with van der Waals surface area (Å²) in [5.41, 5.74) is 1.92. The molecule has 2 aromatic carbocycles. The molecule has 0 radical (unpaired) electrons. The van der Waals surface area contributed by atoms with Crippen molar-refractivity contribution in [2.45, 2.75) is 18.7 Å². The average Bonchev–Trinajstić information content (AvgIpc) is 2.72. The smallest absolute Gasteiger partial charge is 0.266 e. The highest BCUT2D eigenvalue weighted by Crippen LogP contribution is 2.26. The van der Waals surface area contributed by atoms with Crippen LogP contribution >= 0.6 is 0 Å². The molecule has 0 saturated heterocycles. The van der Waals surface area contributed by atoms with Crippen LogP contribution < -0.4 is 0 Å². The Kier molecular flexibility index (Phi) is 3.54. The maximum absolute atomic E-state index is 12.2. The summed E-state index contributed by atoms with van der Waals surface area (Å²) in [5.74, 6) is -1.58. The van der Waals surface area contributed by atoms with Crippen molar-refractivity contribution in [2.75, 3.05) is 0 Å². The summed E-state index contributed by atoms with van der Waals surface area (Å²) < 4.78 is 29.3. The van der Waals surface area contributed by atoms with E-state index in [-0.39, 0.29) is 16.0 Å². The second-order valence-corrected chi connectivity index (χ2v) is 6.82. The lowest BCUT2D eigenvalue weighted by molar-refractivity contribution is -0.0103. The van der Waals surface area contributed by atoms with Crippen molar-refractivity contribution in [1.29, 1.82) is 0 Å². The van der Waals surface area contributed by atoms with Crippen molar-refractivity contribution in [3.05, 3.63) is 64.7 Å². The molecule has 0 N–H and O–H groups in total. The Labute approximate surface area is 133 Å². The third-order valence-corrected chi connectivity index (χ3v) is 4.68. The van der Waals surface area contributed by atoms with Crippen molar-refractivity contribution < 1.29 is 22.3 Å². The summed E-state index contributed by atoms with van der Waals surface area (Å²) in [5, 5.41) is 0.291. The minimum atomic E-state index is -4.27. The lowest BCUT2D eigenvalue weighted by atomic mass is 10.1. The summed E-state index contributed by atoms with van der Waals surface area (Å²) in [6.45, 7) is 3.58. The minimum Gasteiger partial charge on any atom is -0.266 e. The molecule has 1 aliphatic heterocycles. The Balaban J connectivity index is 1.94. The first-order chi connectivity index (χ1) is 10.8. The van der Waals surface area contributed by atoms with E-state index in [9.17, 15) is 18.0 Å². The van der Waals surface area contributed by atoms with Crippen molar-refractivity contribution in [3.8, 4) is 0 Å². The fourth-order valence-electron chi connectivity index (χ4n) is 2.25. The molecule has 0 aliphatic carbocycles. The predicted molar refractivity (Wildman–Crippen MR) is 81.1 cm³/mol. The summed E-state index contributed by atoms with van der Waals surface area (Å²) in [6.07, 6.45) is 0. The molecule has 7 heteroatoms. The molecule has 2 aromatic rings. The molecule has 2 amide bonds. The van der Waals surface area contributed by atoms with Crippen LogP contribution in [0.4, 0.5) is 0 Å². The number of hydrogen-bond donors (Lipinski definition) is 0. The Morgan fingerprint density at radius 1 is 0.826 bits per heavy atom. The summed E-state index contributed by atoms with van der Waals surface area (Å²) in [7, 11) is -4.27. The van der Waals surface area contributed by atoms with Gasteiger partial charge in [-0.2, -0.15) is 8.42 Å². The van der Waals surface area contributed by atoms with Gasteiger partial charge in [-0.15, -0.1) is 9.35 Å². The number of carbonyl (C=O) groups excluding carboxylic acids is 2. The third kappa shape index (κ3) is 2.64. The van der Waals surface area contributed by atoms with Crippen LogP contribution in [0.3, 0.4) is 0 Å². The number of amides is 2. The molecule has 23 heavy (non-hydrogen) atoms. The van der Waals surface area contributed by atoms with E-state index < -0.39 is 21.9 Å². The van der Waals surface area contributed by atoms with E-state index in [2.05, 4.69) is 0 Å². The van der Waals surface area contributed by atoms with E-state index in [1.54, 1.807) is 25.1 Å². The molecule has 0 aromatic heterocycles. The molecular weight excluding hydrogens is 318 g/mol. The first kappa shape index (κ1) is 15.4. The van der Waals surface area contributed by atoms with Crippen LogP contribution in [0.5, 0.6) is 0 Å². The predicted octanol–water partition coefficient (Wildman–Crippen LogP) is 2.22. The van der Waals surface area contributed by atoms with Crippen LogP contribution in [0.15, 0.2) is 47.4 Å². The van der Waals surface area contributed by atoms with Gasteiger partial charge in [-0.05, 0) is 38.1 Å². The second-order valence-electron chi connectivity index (χ2n) is 5.30. The lowest BCUT2D eigenvalue weighted by Crippen LogP contribution is -2.32. The van der Waals surface area contributed by atoms with Crippen LogP contribution in [0.1, 0.15) is 31.8 Å². The zero-order chi connectivity index (χ0) is 16.8. The fraction of sp³-hybridized carbons (Fsp3) is 0.125. The number of benzene rings is 2. The summed E-state index contributed by atoms with van der Waals surface area (Å²) in [4.78, 5) is 24.3. The highest BCUT2D eigenvalue weighted by atomic mass is 32.2. The molecule has 3 rings (SSSR count). The maximum Gasteiger partial charge on any atom is 0.318 e. The number of hydrogen-bond acceptors (Lipinski definition) is 5. The van der Waals surface area contributed by atoms with Crippen molar-refractivity contribution in [3.63, 3.8) is 0 Å². The largest absolute Gasteiger partial charge is 0.318 e. The van der Waals surface area contributed by atoms with Gasteiger partial charge < -0.3 is 0 Å². The first-order valence-electron chi connectivity index (χ1n) is 6.80. The van der Waals surface area contributed by atoms with Gasteiger partial charge in [0.15, 0.2) is 0 Å². The lowest BCUT2D eigenvalue weighted by Gasteiger charge is -2.13. The van der Waals surface area contributed by atoms with E-state index >= 15 is 0 Å². The summed E-state index contributed by atoms with van der Waals surface area (Å²) in [6, 6.07) is 10.6. The highest BCUT2D eigenvalue weighted by Gasteiger charge is 2.40. The third-order valence-electron chi connectivity index (χ3n) is 3.49. The molecule has 118 valence electrons. The molecule has 6 nitrogen and oxygen atoms in total. The van der Waals surface area contributed by atoms with Gasteiger partial charge in [-0.1, -0.05) is 29.3 Å². The van der Waals surface area contributed by atoms with Gasteiger partial charge in [0.25, 0.3) is 11.8 Å².